The third-order valence-electron chi connectivity index (χ3n) is 4.95. The molecule has 0 saturated heterocycles. The van der Waals surface area contributed by atoms with Gasteiger partial charge in [-0.15, -0.1) is 0 Å². The van der Waals surface area contributed by atoms with Crippen molar-refractivity contribution in [3.63, 3.8) is 0 Å². The van der Waals surface area contributed by atoms with Gasteiger partial charge in [-0.05, 0) is 45.8 Å². The predicted octanol–water partition coefficient (Wildman–Crippen LogP) is 4.15. The lowest BCUT2D eigenvalue weighted by atomic mass is 9.97. The number of anilines is 1. The lowest BCUT2D eigenvalue weighted by molar-refractivity contribution is -0.119. The molecule has 2 N–H and O–H groups in total. The maximum atomic E-state index is 13.0. The molecule has 6 heteroatoms. The first-order valence-corrected chi connectivity index (χ1v) is 9.76. The van der Waals surface area contributed by atoms with Crippen molar-refractivity contribution in [2.75, 3.05) is 19.0 Å². The lowest BCUT2D eigenvalue weighted by Crippen LogP contribution is -2.22. The van der Waals surface area contributed by atoms with E-state index in [-0.39, 0.29) is 5.91 Å². The summed E-state index contributed by atoms with van der Waals surface area (Å²) in [6, 6.07) is 23.7. The molecule has 4 aromatic carbocycles. The summed E-state index contributed by atoms with van der Waals surface area (Å²) < 4.78 is 5.35. The Hall–Kier alpha value is -4.19. The van der Waals surface area contributed by atoms with Crippen LogP contribution in [0.4, 0.5) is 5.69 Å². The van der Waals surface area contributed by atoms with Crippen molar-refractivity contribution in [3.05, 3.63) is 90.0 Å². The number of fused-ring (bicyclic) bond motifs is 2. The van der Waals surface area contributed by atoms with E-state index < -0.39 is 18.5 Å². The van der Waals surface area contributed by atoms with E-state index in [2.05, 4.69) is 10.6 Å². The smallest absolute Gasteiger partial charge is 0.339 e. The van der Waals surface area contributed by atoms with Crippen LogP contribution in [0.3, 0.4) is 0 Å². The summed E-state index contributed by atoms with van der Waals surface area (Å²) in [6.07, 6.45) is 0. The van der Waals surface area contributed by atoms with Gasteiger partial charge in [-0.3, -0.25) is 9.59 Å². The first kappa shape index (κ1) is 20.1. The van der Waals surface area contributed by atoms with Crippen molar-refractivity contribution >= 4 is 45.0 Å². The second-order valence-corrected chi connectivity index (χ2v) is 6.98. The molecule has 0 radical (unpaired) electrons. The molecule has 4 aromatic rings. The monoisotopic (exact) mass is 412 g/mol. The zero-order chi connectivity index (χ0) is 21.8. The maximum Gasteiger partial charge on any atom is 0.339 e. The summed E-state index contributed by atoms with van der Waals surface area (Å²) in [5, 5.41) is 8.55. The SMILES string of the molecule is CNC(=O)c1cccc(NC(=O)COC(=O)c2c3ccccc3cc3ccccc23)c1. The highest BCUT2D eigenvalue weighted by molar-refractivity contribution is 6.16. The van der Waals surface area contributed by atoms with Gasteiger partial charge >= 0.3 is 5.97 Å². The molecule has 0 bridgehead atoms. The molecule has 0 fully saturated rings. The van der Waals surface area contributed by atoms with Crippen LogP contribution in [0.5, 0.6) is 0 Å². The summed E-state index contributed by atoms with van der Waals surface area (Å²) in [5.74, 6) is -1.32. The number of benzene rings is 4. The van der Waals surface area contributed by atoms with E-state index in [1.165, 1.54) is 7.05 Å². The second kappa shape index (κ2) is 8.67. The fourth-order valence-corrected chi connectivity index (χ4v) is 3.52. The van der Waals surface area contributed by atoms with Crippen LogP contribution in [0, 0.1) is 0 Å². The van der Waals surface area contributed by atoms with E-state index in [1.54, 1.807) is 24.3 Å². The molecule has 0 unspecified atom stereocenters. The zero-order valence-corrected chi connectivity index (χ0v) is 16.8. The molecule has 0 spiro atoms. The van der Waals surface area contributed by atoms with Crippen LogP contribution in [0.25, 0.3) is 21.5 Å². The quantitative estimate of drug-likeness (QED) is 0.381. The number of hydrogen-bond acceptors (Lipinski definition) is 4. The Morgan fingerprint density at radius 1 is 0.806 bits per heavy atom. The maximum absolute atomic E-state index is 13.0. The Morgan fingerprint density at radius 3 is 2.10 bits per heavy atom. The summed E-state index contributed by atoms with van der Waals surface area (Å²) in [7, 11) is 1.53. The van der Waals surface area contributed by atoms with E-state index in [0.29, 0.717) is 16.8 Å². The van der Waals surface area contributed by atoms with Crippen molar-refractivity contribution < 1.29 is 19.1 Å². The van der Waals surface area contributed by atoms with E-state index in [0.717, 1.165) is 21.5 Å². The molecule has 0 atom stereocenters. The minimum atomic E-state index is -0.567. The predicted molar refractivity (Wildman–Crippen MR) is 120 cm³/mol. The molecule has 154 valence electrons. The first-order chi connectivity index (χ1) is 15.1. The number of carbonyl (C=O) groups is 3. The standard InChI is InChI=1S/C25H20N2O4/c1-26-24(29)18-9-6-10-19(14-18)27-22(28)15-31-25(30)23-20-11-4-2-7-16(20)13-17-8-3-5-12-21(17)23/h2-14H,15H2,1H3,(H,26,29)(H,27,28). The molecule has 0 heterocycles. The number of nitrogens with one attached hydrogen (secondary N) is 2. The molecule has 0 aliphatic carbocycles. The largest absolute Gasteiger partial charge is 0.452 e. The fourth-order valence-electron chi connectivity index (χ4n) is 3.52. The number of hydrogen-bond donors (Lipinski definition) is 2. The van der Waals surface area contributed by atoms with Crippen LogP contribution in [-0.4, -0.2) is 31.4 Å². The van der Waals surface area contributed by atoms with Gasteiger partial charge in [0, 0.05) is 18.3 Å². The van der Waals surface area contributed by atoms with Crippen molar-refractivity contribution in [2.45, 2.75) is 0 Å². The third-order valence-corrected chi connectivity index (χ3v) is 4.95. The lowest BCUT2D eigenvalue weighted by Gasteiger charge is -2.12. The Labute approximate surface area is 178 Å². The van der Waals surface area contributed by atoms with Crippen LogP contribution in [-0.2, 0) is 9.53 Å². The van der Waals surface area contributed by atoms with Crippen molar-refractivity contribution in [1.29, 1.82) is 0 Å². The van der Waals surface area contributed by atoms with E-state index in [9.17, 15) is 14.4 Å². The van der Waals surface area contributed by atoms with Gasteiger partial charge in [-0.2, -0.15) is 0 Å². The Bertz CT molecular complexity index is 1260. The second-order valence-electron chi connectivity index (χ2n) is 6.98. The topological polar surface area (TPSA) is 84.5 Å². The summed E-state index contributed by atoms with van der Waals surface area (Å²) in [5.41, 5.74) is 1.29. The van der Waals surface area contributed by atoms with E-state index in [1.807, 2.05) is 54.6 Å². The first-order valence-electron chi connectivity index (χ1n) is 9.76. The van der Waals surface area contributed by atoms with Crippen LogP contribution >= 0.6 is 0 Å². The summed E-state index contributed by atoms with van der Waals surface area (Å²) >= 11 is 0. The minimum absolute atomic E-state index is 0.259. The van der Waals surface area contributed by atoms with Gasteiger partial charge in [0.25, 0.3) is 11.8 Å². The third kappa shape index (κ3) is 4.23. The summed E-state index contributed by atoms with van der Waals surface area (Å²) in [4.78, 5) is 37.0. The number of ether oxygens (including phenoxy) is 1. The van der Waals surface area contributed by atoms with Crippen LogP contribution < -0.4 is 10.6 Å². The summed E-state index contributed by atoms with van der Waals surface area (Å²) in [6.45, 7) is -0.444. The van der Waals surface area contributed by atoms with Gasteiger partial charge in [0.05, 0.1) is 5.56 Å². The average molecular weight is 412 g/mol. The van der Waals surface area contributed by atoms with Gasteiger partial charge in [-0.25, -0.2) is 4.79 Å². The Morgan fingerprint density at radius 2 is 1.45 bits per heavy atom. The van der Waals surface area contributed by atoms with Gasteiger partial charge < -0.3 is 15.4 Å². The van der Waals surface area contributed by atoms with E-state index >= 15 is 0 Å². The van der Waals surface area contributed by atoms with Gasteiger partial charge in [-0.1, -0.05) is 54.6 Å². The molecule has 6 nitrogen and oxygen atoms in total. The fraction of sp³-hybridized carbons (Fsp3) is 0.0800. The van der Waals surface area contributed by atoms with Crippen molar-refractivity contribution in [1.82, 2.24) is 5.32 Å². The molecule has 0 saturated carbocycles. The Kier molecular flexibility index (Phi) is 5.62. The molecular formula is C25H20N2O4. The van der Waals surface area contributed by atoms with E-state index in [4.69, 9.17) is 4.74 Å². The highest BCUT2D eigenvalue weighted by Crippen LogP contribution is 2.29. The van der Waals surface area contributed by atoms with Gasteiger partial charge in [0.15, 0.2) is 6.61 Å². The Balaban J connectivity index is 1.53. The van der Waals surface area contributed by atoms with Gasteiger partial charge in [0.1, 0.15) is 0 Å². The zero-order valence-electron chi connectivity index (χ0n) is 16.8. The van der Waals surface area contributed by atoms with Crippen molar-refractivity contribution in [3.8, 4) is 0 Å². The molecule has 0 aliphatic rings. The highest BCUT2D eigenvalue weighted by atomic mass is 16.5. The molecule has 4 rings (SSSR count). The number of rotatable bonds is 5. The normalized spacial score (nSPS) is 10.6. The number of carbonyl (C=O) groups excluding carboxylic acids is 3. The molecule has 0 aromatic heterocycles. The van der Waals surface area contributed by atoms with Crippen molar-refractivity contribution in [2.24, 2.45) is 0 Å². The minimum Gasteiger partial charge on any atom is -0.452 e. The van der Waals surface area contributed by atoms with Gasteiger partial charge in [0.2, 0.25) is 0 Å². The highest BCUT2D eigenvalue weighted by Gasteiger charge is 2.17. The van der Waals surface area contributed by atoms with Crippen LogP contribution in [0.1, 0.15) is 20.7 Å². The molecule has 31 heavy (non-hydrogen) atoms. The average Bonchev–Trinajstić information content (AvgIpc) is 2.80. The number of amides is 2. The molecule has 2 amide bonds. The van der Waals surface area contributed by atoms with Crippen LogP contribution in [0.2, 0.25) is 0 Å². The molecular weight excluding hydrogens is 392 g/mol. The molecule has 0 aliphatic heterocycles. The number of esters is 1. The van der Waals surface area contributed by atoms with Crippen LogP contribution in [0.15, 0.2) is 78.9 Å².